The molecule has 0 radical (unpaired) electrons. The van der Waals surface area contributed by atoms with Crippen LogP contribution in [0.15, 0.2) is 12.2 Å². The number of ether oxygens (including phenoxy) is 3. The normalized spacial score (nSPS) is 37.0. The van der Waals surface area contributed by atoms with E-state index in [0.29, 0.717) is 19.3 Å². The van der Waals surface area contributed by atoms with Crippen LogP contribution in [0.1, 0.15) is 66.7 Å². The van der Waals surface area contributed by atoms with E-state index in [4.69, 9.17) is 14.2 Å². The Morgan fingerprint density at radius 1 is 0.966 bits per heavy atom. The molecule has 0 aromatic heterocycles. The zero-order valence-corrected chi connectivity index (χ0v) is 18.7. The van der Waals surface area contributed by atoms with Crippen molar-refractivity contribution in [3.63, 3.8) is 0 Å². The van der Waals surface area contributed by atoms with Crippen LogP contribution < -0.4 is 0 Å². The quantitative estimate of drug-likeness (QED) is 0.306. The van der Waals surface area contributed by atoms with Crippen LogP contribution in [0.5, 0.6) is 0 Å². The Labute approximate surface area is 173 Å². The van der Waals surface area contributed by atoms with Crippen LogP contribution in [0.2, 0.25) is 0 Å². The van der Waals surface area contributed by atoms with Crippen molar-refractivity contribution in [1.82, 2.24) is 0 Å². The second-order valence-corrected chi connectivity index (χ2v) is 10.3. The Balaban J connectivity index is 1.99. The fourth-order valence-corrected chi connectivity index (χ4v) is 6.82. The van der Waals surface area contributed by atoms with Gasteiger partial charge in [0.2, 0.25) is 0 Å². The molecule has 2 saturated carbocycles. The van der Waals surface area contributed by atoms with E-state index >= 15 is 0 Å². The van der Waals surface area contributed by atoms with E-state index in [2.05, 4.69) is 13.0 Å². The van der Waals surface area contributed by atoms with Crippen molar-refractivity contribution in [3.8, 4) is 0 Å². The summed E-state index contributed by atoms with van der Waals surface area (Å²) in [7, 11) is 2.64. The van der Waals surface area contributed by atoms with Gasteiger partial charge in [0, 0.05) is 11.8 Å². The number of carbonyl (C=O) groups is 3. The van der Waals surface area contributed by atoms with E-state index in [1.54, 1.807) is 0 Å². The summed E-state index contributed by atoms with van der Waals surface area (Å²) in [6.07, 6.45) is 7.29. The Morgan fingerprint density at radius 3 is 2.07 bits per heavy atom. The molecule has 0 saturated heterocycles. The number of carbonyl (C=O) groups excluding carboxylic acids is 3. The maximum absolute atomic E-state index is 13.0. The van der Waals surface area contributed by atoms with Gasteiger partial charge in [0.25, 0.3) is 0 Å². The highest BCUT2D eigenvalue weighted by atomic mass is 16.6. The Hall–Kier alpha value is -1.85. The molecule has 0 aromatic carbocycles. The van der Waals surface area contributed by atoms with Crippen LogP contribution in [0.4, 0.5) is 0 Å². The maximum atomic E-state index is 13.0. The third-order valence-corrected chi connectivity index (χ3v) is 8.27. The second kappa shape index (κ2) is 6.58. The Kier molecular flexibility index (Phi) is 4.96. The van der Waals surface area contributed by atoms with Gasteiger partial charge in [-0.25, -0.2) is 0 Å². The molecular weight excluding hydrogens is 372 g/mol. The van der Waals surface area contributed by atoms with Crippen LogP contribution in [0.3, 0.4) is 0 Å². The molecule has 162 valence electrons. The number of methoxy groups -OCH3 is 2. The van der Waals surface area contributed by atoms with Gasteiger partial charge in [0.05, 0.1) is 14.2 Å². The summed E-state index contributed by atoms with van der Waals surface area (Å²) in [6.45, 7) is 9.76. The molecule has 2 fully saturated rings. The molecule has 4 atom stereocenters. The predicted molar refractivity (Wildman–Crippen MR) is 107 cm³/mol. The lowest BCUT2D eigenvalue weighted by atomic mass is 9.53. The largest absolute Gasteiger partial charge is 0.468 e. The summed E-state index contributed by atoms with van der Waals surface area (Å²) in [5.41, 5.74) is -3.20. The minimum absolute atomic E-state index is 0.0986. The van der Waals surface area contributed by atoms with Crippen LogP contribution in [0.25, 0.3) is 0 Å². The summed E-state index contributed by atoms with van der Waals surface area (Å²) in [5, 5.41) is 0. The molecule has 1 unspecified atom stereocenters. The average Bonchev–Trinajstić information content (AvgIpc) is 3.15. The van der Waals surface area contributed by atoms with E-state index in [0.717, 1.165) is 12.8 Å². The van der Waals surface area contributed by atoms with E-state index in [9.17, 15) is 14.4 Å². The molecule has 0 amide bonds. The molecule has 6 heteroatoms. The van der Waals surface area contributed by atoms with Gasteiger partial charge < -0.3 is 14.2 Å². The second-order valence-electron chi connectivity index (χ2n) is 10.3. The summed E-state index contributed by atoms with van der Waals surface area (Å²) < 4.78 is 15.8. The topological polar surface area (TPSA) is 78.9 Å². The molecule has 0 N–H and O–H groups in total. The molecule has 0 aromatic rings. The smallest absolute Gasteiger partial charge is 0.324 e. The van der Waals surface area contributed by atoms with Gasteiger partial charge in [-0.15, -0.1) is 0 Å². The first-order valence-electron chi connectivity index (χ1n) is 10.4. The number of hydrogen-bond acceptors (Lipinski definition) is 6. The van der Waals surface area contributed by atoms with Crippen molar-refractivity contribution in [2.45, 2.75) is 72.3 Å². The predicted octanol–water partition coefficient (Wildman–Crippen LogP) is 3.82. The first-order chi connectivity index (χ1) is 13.3. The van der Waals surface area contributed by atoms with Crippen molar-refractivity contribution in [1.29, 1.82) is 0 Å². The van der Waals surface area contributed by atoms with Gasteiger partial charge in [-0.1, -0.05) is 26.0 Å². The molecule has 3 aliphatic rings. The summed E-state index contributed by atoms with van der Waals surface area (Å²) in [4.78, 5) is 38.5. The lowest BCUT2D eigenvalue weighted by Crippen LogP contribution is -2.54. The molecular formula is C23H34O6. The molecule has 1 spiro atoms. The fourth-order valence-electron chi connectivity index (χ4n) is 6.82. The van der Waals surface area contributed by atoms with E-state index in [1.807, 2.05) is 33.8 Å². The first-order valence-corrected chi connectivity index (χ1v) is 10.4. The van der Waals surface area contributed by atoms with Crippen molar-refractivity contribution in [2.75, 3.05) is 14.2 Å². The number of rotatable bonds is 4. The lowest BCUT2D eigenvalue weighted by molar-refractivity contribution is -0.179. The number of hydrogen-bond donors (Lipinski definition) is 0. The van der Waals surface area contributed by atoms with Gasteiger partial charge >= 0.3 is 17.9 Å². The van der Waals surface area contributed by atoms with E-state index < -0.39 is 28.4 Å². The van der Waals surface area contributed by atoms with Crippen molar-refractivity contribution in [3.05, 3.63) is 12.2 Å². The van der Waals surface area contributed by atoms with Crippen LogP contribution >= 0.6 is 0 Å². The van der Waals surface area contributed by atoms with E-state index in [1.165, 1.54) is 14.2 Å². The molecule has 0 aliphatic heterocycles. The van der Waals surface area contributed by atoms with Crippen LogP contribution in [-0.2, 0) is 28.6 Å². The third kappa shape index (κ3) is 2.63. The highest BCUT2D eigenvalue weighted by Crippen LogP contribution is 2.80. The highest BCUT2D eigenvalue weighted by molar-refractivity contribution is 6.02. The molecule has 0 bridgehead atoms. The van der Waals surface area contributed by atoms with Gasteiger partial charge in [0.1, 0.15) is 5.60 Å². The SMILES string of the molecule is COC(=O)C1(C(=O)OC)CCC23CC[C@@H](CC(=O)OC(C)(C)C)[C@@]2(C)C=C[C@]13C. The number of esters is 3. The Bertz CT molecular complexity index is 746. The van der Waals surface area contributed by atoms with Gasteiger partial charge in [-0.3, -0.25) is 14.4 Å². The summed E-state index contributed by atoms with van der Waals surface area (Å²) in [5.74, 6) is -1.17. The molecule has 3 aliphatic carbocycles. The van der Waals surface area contributed by atoms with Gasteiger partial charge in [0.15, 0.2) is 5.41 Å². The van der Waals surface area contributed by atoms with E-state index in [-0.39, 0.29) is 22.7 Å². The van der Waals surface area contributed by atoms with Crippen LogP contribution in [0, 0.1) is 27.6 Å². The summed E-state index contributed by atoms with van der Waals surface area (Å²) in [6, 6.07) is 0. The zero-order chi connectivity index (χ0) is 21.9. The Morgan fingerprint density at radius 2 is 1.55 bits per heavy atom. The van der Waals surface area contributed by atoms with Crippen molar-refractivity contribution >= 4 is 17.9 Å². The highest BCUT2D eigenvalue weighted by Gasteiger charge is 2.79. The molecule has 29 heavy (non-hydrogen) atoms. The molecule has 0 heterocycles. The minimum Gasteiger partial charge on any atom is -0.468 e. The lowest BCUT2D eigenvalue weighted by Gasteiger charge is -2.49. The molecule has 6 nitrogen and oxygen atoms in total. The first kappa shape index (κ1) is 21.8. The van der Waals surface area contributed by atoms with Crippen molar-refractivity contribution in [2.24, 2.45) is 27.6 Å². The number of allylic oxidation sites excluding steroid dienone is 2. The molecule has 3 rings (SSSR count). The fraction of sp³-hybridized carbons (Fsp3) is 0.783. The van der Waals surface area contributed by atoms with Crippen molar-refractivity contribution < 1.29 is 28.6 Å². The van der Waals surface area contributed by atoms with Gasteiger partial charge in [-0.2, -0.15) is 0 Å². The van der Waals surface area contributed by atoms with Crippen LogP contribution in [-0.4, -0.2) is 37.7 Å². The average molecular weight is 407 g/mol. The standard InChI is InChI=1S/C23H34O6/c1-19(2,3)29-16(24)14-15-8-9-22-12-13-23(17(25)27-6,18(26)28-7)21(22,5)11-10-20(15,22)4/h10-11,15H,8-9,12-14H2,1-7H3/t15-,20+,21-,22?/m0/s1. The minimum atomic E-state index is -1.36. The maximum Gasteiger partial charge on any atom is 0.324 e. The zero-order valence-electron chi connectivity index (χ0n) is 18.7. The summed E-state index contributed by atoms with van der Waals surface area (Å²) >= 11 is 0. The van der Waals surface area contributed by atoms with Gasteiger partial charge in [-0.05, 0) is 63.2 Å². The third-order valence-electron chi connectivity index (χ3n) is 8.27. The monoisotopic (exact) mass is 406 g/mol.